The summed E-state index contributed by atoms with van der Waals surface area (Å²) in [5.74, 6) is -21.7. The van der Waals surface area contributed by atoms with E-state index in [4.69, 9.17) is 11.5 Å². The third-order valence-corrected chi connectivity index (χ3v) is 7.57. The SMILES string of the molecule is CSCC[C@@H](C(=O)O)N(C(=O)CNC(=O)[C@@H](CC(N)=O)NC(=O)[C@@H](N)Cc1ccc(O)cc1)C(=O)[C@@](F)(N(F)F)C(F)(F)c1ccccc1. The van der Waals surface area contributed by atoms with Crippen LogP contribution in [0.3, 0.4) is 0 Å². The molecule has 0 bridgehead atoms. The van der Waals surface area contributed by atoms with Crippen LogP contribution in [-0.4, -0.2) is 98.4 Å². The van der Waals surface area contributed by atoms with Gasteiger partial charge in [0.05, 0.1) is 24.4 Å². The molecular formula is C29H33F5N6O8S. The molecule has 14 nitrogen and oxygen atoms in total. The van der Waals surface area contributed by atoms with E-state index in [2.05, 4.69) is 5.32 Å². The summed E-state index contributed by atoms with van der Waals surface area (Å²) in [5.41, 5.74) is 10.1. The number of carboxylic acid groups (broad SMARTS) is 1. The van der Waals surface area contributed by atoms with Crippen molar-refractivity contribution in [2.45, 2.75) is 49.1 Å². The summed E-state index contributed by atoms with van der Waals surface area (Å²) >= 11 is 0.953. The Morgan fingerprint density at radius 1 is 0.959 bits per heavy atom. The quantitative estimate of drug-likeness (QED) is 0.0719. The van der Waals surface area contributed by atoms with Crippen LogP contribution in [0.25, 0.3) is 0 Å². The molecule has 268 valence electrons. The molecule has 2 aromatic rings. The number of hydrogen-bond donors (Lipinski definition) is 6. The molecule has 5 amide bonds. The fraction of sp³-hybridized carbons (Fsp3) is 0.379. The molecule has 0 unspecified atom stereocenters. The van der Waals surface area contributed by atoms with Crippen LogP contribution in [0.1, 0.15) is 24.0 Å². The zero-order chi connectivity index (χ0) is 37.1. The minimum atomic E-state index is -5.63. The number of alkyl halides is 3. The molecule has 0 spiro atoms. The number of phenolic OH excluding ortho intramolecular Hbond substituents is 1. The standard InChI is InChI=1S/C29H33F5N6O8S/c1-49-12-11-21(26(46)47)39(27(48)29(32,40(33)34)28(30,31)17-5-3-2-4-6-17)23(43)15-37-25(45)20(14-22(36)42)38-24(44)19(35)13-16-7-9-18(41)10-8-16/h2-10,19-21,41H,11-15,35H2,1H3,(H2,36,42)(H,37,45)(H,38,44)(H,46,47)/t19-,20+,21-,29+/m0/s1. The maximum Gasteiger partial charge on any atom is 0.365 e. The maximum atomic E-state index is 15.9. The number of amides is 5. The van der Waals surface area contributed by atoms with Crippen molar-refractivity contribution in [3.63, 3.8) is 0 Å². The van der Waals surface area contributed by atoms with Gasteiger partial charge >= 0.3 is 17.7 Å². The number of carbonyl (C=O) groups excluding carboxylic acids is 5. The van der Waals surface area contributed by atoms with E-state index in [0.717, 1.165) is 23.9 Å². The second-order valence-corrected chi connectivity index (χ2v) is 11.4. The molecular weight excluding hydrogens is 687 g/mol. The van der Waals surface area contributed by atoms with Gasteiger partial charge in [-0.2, -0.15) is 20.5 Å². The number of halogens is 5. The third kappa shape index (κ3) is 10.1. The highest BCUT2D eigenvalue weighted by Crippen LogP contribution is 2.46. The number of aliphatic carboxylic acids is 1. The Balaban J connectivity index is 2.39. The van der Waals surface area contributed by atoms with Crippen molar-refractivity contribution in [1.82, 2.24) is 20.9 Å². The lowest BCUT2D eigenvalue weighted by Gasteiger charge is -2.37. The molecule has 2 aromatic carbocycles. The normalized spacial score (nSPS) is 14.5. The van der Waals surface area contributed by atoms with Crippen LogP contribution in [0.15, 0.2) is 54.6 Å². The largest absolute Gasteiger partial charge is 0.508 e. The van der Waals surface area contributed by atoms with Gasteiger partial charge in [0.15, 0.2) is 0 Å². The van der Waals surface area contributed by atoms with Crippen molar-refractivity contribution in [2.75, 3.05) is 18.6 Å². The van der Waals surface area contributed by atoms with E-state index < -0.39 is 101 Å². The van der Waals surface area contributed by atoms with E-state index >= 15 is 13.2 Å². The van der Waals surface area contributed by atoms with Crippen LogP contribution < -0.4 is 22.1 Å². The Morgan fingerprint density at radius 2 is 1.55 bits per heavy atom. The van der Waals surface area contributed by atoms with Gasteiger partial charge in [0, 0.05) is 5.56 Å². The molecule has 49 heavy (non-hydrogen) atoms. The number of imide groups is 1. The summed E-state index contributed by atoms with van der Waals surface area (Å²) in [7, 11) is 0. The van der Waals surface area contributed by atoms with Crippen molar-refractivity contribution in [3.8, 4) is 5.75 Å². The summed E-state index contributed by atoms with van der Waals surface area (Å²) in [5, 5.41) is 20.3. The highest BCUT2D eigenvalue weighted by atomic mass is 32.2. The van der Waals surface area contributed by atoms with Crippen molar-refractivity contribution < 1.29 is 61.1 Å². The van der Waals surface area contributed by atoms with Gasteiger partial charge in [0.2, 0.25) is 23.6 Å². The molecule has 0 radical (unpaired) electrons. The van der Waals surface area contributed by atoms with Crippen molar-refractivity contribution in [3.05, 3.63) is 65.7 Å². The lowest BCUT2D eigenvalue weighted by atomic mass is 9.96. The van der Waals surface area contributed by atoms with E-state index in [1.54, 1.807) is 0 Å². The number of nitrogens with one attached hydrogen (secondary N) is 2. The molecule has 0 heterocycles. The number of nitrogens with zero attached hydrogens (tertiary/aromatic N) is 2. The van der Waals surface area contributed by atoms with E-state index in [-0.39, 0.29) is 17.9 Å². The monoisotopic (exact) mass is 720 g/mol. The molecule has 0 aliphatic carbocycles. The van der Waals surface area contributed by atoms with Gasteiger partial charge in [-0.25, -0.2) is 9.18 Å². The summed E-state index contributed by atoms with van der Waals surface area (Å²) in [6.45, 7) is -1.48. The van der Waals surface area contributed by atoms with Gasteiger partial charge in [0.25, 0.3) is 5.91 Å². The predicted octanol–water partition coefficient (Wildman–Crippen LogP) is 0.829. The fourth-order valence-electron chi connectivity index (χ4n) is 4.37. The topological polar surface area (TPSA) is 225 Å². The average molecular weight is 721 g/mol. The zero-order valence-corrected chi connectivity index (χ0v) is 26.5. The number of carbonyl (C=O) groups is 6. The molecule has 20 heteroatoms. The Bertz CT molecular complexity index is 1510. The van der Waals surface area contributed by atoms with E-state index in [1.807, 2.05) is 5.32 Å². The van der Waals surface area contributed by atoms with Crippen LogP contribution in [-0.2, 0) is 41.1 Å². The number of primary amides is 1. The molecule has 0 aliphatic rings. The van der Waals surface area contributed by atoms with Crippen LogP contribution >= 0.6 is 11.8 Å². The predicted molar refractivity (Wildman–Crippen MR) is 163 cm³/mol. The second kappa shape index (κ2) is 17.5. The Kier molecular flexibility index (Phi) is 14.4. The molecule has 0 fully saturated rings. The number of nitrogens with two attached hydrogens (primary N) is 2. The number of aromatic hydroxyl groups is 1. The maximum absolute atomic E-state index is 15.9. The smallest absolute Gasteiger partial charge is 0.365 e. The van der Waals surface area contributed by atoms with Crippen molar-refractivity contribution in [1.29, 1.82) is 0 Å². The summed E-state index contributed by atoms with van der Waals surface area (Å²) in [6.07, 6.45) is -0.267. The molecule has 4 atom stereocenters. The number of rotatable bonds is 18. The molecule has 2 rings (SSSR count). The molecule has 0 saturated heterocycles. The first-order valence-corrected chi connectivity index (χ1v) is 15.5. The van der Waals surface area contributed by atoms with Crippen LogP contribution in [0.5, 0.6) is 5.75 Å². The number of thioether (sulfide) groups is 1. The lowest BCUT2D eigenvalue weighted by molar-refractivity contribution is -0.337. The Labute approximate surface area is 279 Å². The fourth-order valence-corrected chi connectivity index (χ4v) is 4.83. The summed E-state index contributed by atoms with van der Waals surface area (Å²) in [4.78, 5) is 75.3. The number of phenols is 1. The van der Waals surface area contributed by atoms with Gasteiger partial charge < -0.3 is 32.3 Å². The lowest BCUT2D eigenvalue weighted by Crippen LogP contribution is -2.65. The second-order valence-electron chi connectivity index (χ2n) is 10.4. The Hall–Kier alpha value is -4.82. The van der Waals surface area contributed by atoms with Gasteiger partial charge in [-0.1, -0.05) is 51.4 Å². The van der Waals surface area contributed by atoms with Gasteiger partial charge in [-0.15, -0.1) is 0 Å². The van der Waals surface area contributed by atoms with E-state index in [0.29, 0.717) is 17.7 Å². The highest BCUT2D eigenvalue weighted by molar-refractivity contribution is 7.98. The molecule has 0 saturated carbocycles. The molecule has 8 N–H and O–H groups in total. The minimum Gasteiger partial charge on any atom is -0.508 e. The van der Waals surface area contributed by atoms with Crippen molar-refractivity contribution >= 4 is 47.3 Å². The average Bonchev–Trinajstić information content (AvgIpc) is 3.05. The first-order valence-electron chi connectivity index (χ1n) is 14.1. The van der Waals surface area contributed by atoms with Crippen molar-refractivity contribution in [2.24, 2.45) is 11.5 Å². The minimum absolute atomic E-state index is 0.0671. The van der Waals surface area contributed by atoms with Crippen LogP contribution in [0.2, 0.25) is 0 Å². The zero-order valence-electron chi connectivity index (χ0n) is 25.7. The van der Waals surface area contributed by atoms with Gasteiger partial charge in [0.1, 0.15) is 17.8 Å². The Morgan fingerprint density at radius 3 is 2.06 bits per heavy atom. The van der Waals surface area contributed by atoms with Crippen LogP contribution in [0.4, 0.5) is 22.1 Å². The van der Waals surface area contributed by atoms with Gasteiger partial charge in [-0.3, -0.25) is 28.9 Å². The summed E-state index contributed by atoms with van der Waals surface area (Å²) < 4.78 is 74.6. The first-order chi connectivity index (χ1) is 22.9. The van der Waals surface area contributed by atoms with Gasteiger partial charge in [-0.05, 0) is 42.5 Å². The first kappa shape index (κ1) is 40.4. The number of benzene rings is 2. The third-order valence-electron chi connectivity index (χ3n) is 6.93. The molecule has 0 aliphatic heterocycles. The molecule has 0 aromatic heterocycles. The number of carboxylic acids is 1. The number of hydrogen-bond acceptors (Lipinski definition) is 10. The highest BCUT2D eigenvalue weighted by Gasteiger charge is 2.70. The van der Waals surface area contributed by atoms with E-state index in [1.165, 1.54) is 36.6 Å². The summed E-state index contributed by atoms with van der Waals surface area (Å²) in [6, 6.07) is 3.97. The van der Waals surface area contributed by atoms with E-state index in [9.17, 15) is 47.9 Å². The van der Waals surface area contributed by atoms with Crippen LogP contribution in [0, 0.1) is 0 Å².